The Kier molecular flexibility index (Phi) is 3.79. The van der Waals surface area contributed by atoms with E-state index in [4.69, 9.17) is 5.11 Å². The fourth-order valence-electron chi connectivity index (χ4n) is 2.41. The lowest BCUT2D eigenvalue weighted by Crippen LogP contribution is -2.35. The molecule has 0 aromatic heterocycles. The summed E-state index contributed by atoms with van der Waals surface area (Å²) in [5.74, 6) is -0.687. The summed E-state index contributed by atoms with van der Waals surface area (Å²) in [7, 11) is 0. The average molecular weight is 233 g/mol. The largest absolute Gasteiger partial charge is 0.480 e. The monoisotopic (exact) mass is 233 g/mol. The first-order chi connectivity index (χ1) is 8.20. The number of hydrogen-bond acceptors (Lipinski definition) is 2. The normalized spacial score (nSPS) is 20.6. The minimum Gasteiger partial charge on any atom is -0.480 e. The molecule has 1 fully saturated rings. The molecule has 0 saturated carbocycles. The van der Waals surface area contributed by atoms with Crippen molar-refractivity contribution in [3.05, 3.63) is 35.4 Å². The van der Waals surface area contributed by atoms with E-state index in [2.05, 4.69) is 36.1 Å². The van der Waals surface area contributed by atoms with Gasteiger partial charge in [0.1, 0.15) is 6.04 Å². The molecule has 1 N–H and O–H groups in total. The second-order valence-electron chi connectivity index (χ2n) is 4.64. The van der Waals surface area contributed by atoms with Gasteiger partial charge in [0.2, 0.25) is 0 Å². The highest BCUT2D eigenvalue weighted by molar-refractivity contribution is 5.73. The maximum Gasteiger partial charge on any atom is 0.320 e. The van der Waals surface area contributed by atoms with Crippen LogP contribution in [-0.2, 0) is 17.8 Å². The first-order valence-electron chi connectivity index (χ1n) is 6.25. The van der Waals surface area contributed by atoms with E-state index in [9.17, 15) is 4.79 Å². The highest BCUT2D eigenvalue weighted by Crippen LogP contribution is 2.20. The van der Waals surface area contributed by atoms with Gasteiger partial charge >= 0.3 is 5.97 Å². The summed E-state index contributed by atoms with van der Waals surface area (Å²) in [5, 5.41) is 9.10. The third kappa shape index (κ3) is 2.86. The zero-order chi connectivity index (χ0) is 12.3. The minimum absolute atomic E-state index is 0.291. The molecule has 2 rings (SSSR count). The predicted molar refractivity (Wildman–Crippen MR) is 66.9 cm³/mol. The average Bonchev–Trinajstić information content (AvgIpc) is 2.78. The van der Waals surface area contributed by atoms with E-state index in [0.717, 1.165) is 32.4 Å². The van der Waals surface area contributed by atoms with Crippen LogP contribution in [0.25, 0.3) is 0 Å². The molecule has 0 bridgehead atoms. The summed E-state index contributed by atoms with van der Waals surface area (Å²) in [6.45, 7) is 3.78. The molecule has 3 nitrogen and oxygen atoms in total. The zero-order valence-corrected chi connectivity index (χ0v) is 10.2. The number of carbonyl (C=O) groups is 1. The highest BCUT2D eigenvalue weighted by atomic mass is 16.4. The molecule has 1 heterocycles. The molecule has 1 aliphatic heterocycles. The van der Waals surface area contributed by atoms with Gasteiger partial charge in [0.25, 0.3) is 0 Å². The fraction of sp³-hybridized carbons (Fsp3) is 0.500. The van der Waals surface area contributed by atoms with Gasteiger partial charge in [-0.15, -0.1) is 0 Å². The number of carboxylic acid groups (broad SMARTS) is 1. The van der Waals surface area contributed by atoms with Crippen LogP contribution >= 0.6 is 0 Å². The van der Waals surface area contributed by atoms with Crippen molar-refractivity contribution in [3.8, 4) is 0 Å². The molecular weight excluding hydrogens is 214 g/mol. The maximum absolute atomic E-state index is 11.1. The molecule has 0 spiro atoms. The first kappa shape index (κ1) is 12.1. The molecule has 1 aromatic carbocycles. The van der Waals surface area contributed by atoms with Gasteiger partial charge in [-0.05, 0) is 36.9 Å². The Morgan fingerprint density at radius 1 is 1.35 bits per heavy atom. The lowest BCUT2D eigenvalue weighted by molar-refractivity contribution is -0.142. The van der Waals surface area contributed by atoms with Crippen LogP contribution in [0.15, 0.2) is 24.3 Å². The third-order valence-corrected chi connectivity index (χ3v) is 3.47. The standard InChI is InChI=1S/C14H19NO2/c1-2-11-5-7-12(8-6-11)10-15-9-3-4-13(15)14(16)17/h5-8,13H,2-4,9-10H2,1H3,(H,16,17)/t13-/m0/s1. The van der Waals surface area contributed by atoms with Crippen LogP contribution in [0.3, 0.4) is 0 Å². The number of aryl methyl sites for hydroxylation is 1. The van der Waals surface area contributed by atoms with Crippen molar-refractivity contribution in [1.82, 2.24) is 4.90 Å². The topological polar surface area (TPSA) is 40.5 Å². The van der Waals surface area contributed by atoms with Gasteiger partial charge in [-0.1, -0.05) is 31.2 Å². The van der Waals surface area contributed by atoms with Crippen LogP contribution in [0.2, 0.25) is 0 Å². The highest BCUT2D eigenvalue weighted by Gasteiger charge is 2.30. The molecule has 17 heavy (non-hydrogen) atoms. The second-order valence-corrected chi connectivity index (χ2v) is 4.64. The van der Waals surface area contributed by atoms with Gasteiger partial charge in [0.15, 0.2) is 0 Å². The third-order valence-electron chi connectivity index (χ3n) is 3.47. The van der Waals surface area contributed by atoms with Crippen molar-refractivity contribution in [3.63, 3.8) is 0 Å². The van der Waals surface area contributed by atoms with Crippen LogP contribution in [-0.4, -0.2) is 28.6 Å². The number of likely N-dealkylation sites (tertiary alicyclic amines) is 1. The number of benzene rings is 1. The van der Waals surface area contributed by atoms with Gasteiger partial charge in [-0.25, -0.2) is 0 Å². The molecule has 0 radical (unpaired) electrons. The Morgan fingerprint density at radius 3 is 2.59 bits per heavy atom. The van der Waals surface area contributed by atoms with Crippen LogP contribution in [0.4, 0.5) is 0 Å². The number of carboxylic acids is 1. The van der Waals surface area contributed by atoms with Crippen molar-refractivity contribution < 1.29 is 9.90 Å². The van der Waals surface area contributed by atoms with Gasteiger partial charge in [0.05, 0.1) is 0 Å². The van der Waals surface area contributed by atoms with Crippen molar-refractivity contribution in [2.75, 3.05) is 6.54 Å². The molecule has 1 aromatic rings. The molecule has 1 saturated heterocycles. The van der Waals surface area contributed by atoms with Crippen LogP contribution in [0.5, 0.6) is 0 Å². The molecule has 92 valence electrons. The predicted octanol–water partition coefficient (Wildman–Crippen LogP) is 2.30. The van der Waals surface area contributed by atoms with E-state index in [0.29, 0.717) is 0 Å². The van der Waals surface area contributed by atoms with Crippen LogP contribution < -0.4 is 0 Å². The first-order valence-corrected chi connectivity index (χ1v) is 6.25. The van der Waals surface area contributed by atoms with Crippen molar-refractivity contribution in [2.45, 2.75) is 38.8 Å². The summed E-state index contributed by atoms with van der Waals surface area (Å²) in [6.07, 6.45) is 2.81. The Balaban J connectivity index is 2.02. The molecule has 1 aliphatic rings. The SMILES string of the molecule is CCc1ccc(CN2CCC[C@H]2C(=O)O)cc1. The van der Waals surface area contributed by atoms with E-state index < -0.39 is 5.97 Å². The van der Waals surface area contributed by atoms with E-state index >= 15 is 0 Å². The van der Waals surface area contributed by atoms with E-state index in [-0.39, 0.29) is 6.04 Å². The lowest BCUT2D eigenvalue weighted by Gasteiger charge is -2.21. The smallest absolute Gasteiger partial charge is 0.320 e. The number of hydrogen-bond donors (Lipinski definition) is 1. The van der Waals surface area contributed by atoms with E-state index in [1.54, 1.807) is 0 Å². The van der Waals surface area contributed by atoms with Crippen LogP contribution in [0.1, 0.15) is 30.9 Å². The zero-order valence-electron chi connectivity index (χ0n) is 10.2. The summed E-state index contributed by atoms with van der Waals surface area (Å²) in [4.78, 5) is 13.1. The Bertz CT molecular complexity index is 386. The fourth-order valence-corrected chi connectivity index (χ4v) is 2.41. The van der Waals surface area contributed by atoms with Gasteiger partial charge in [-0.3, -0.25) is 9.69 Å². The quantitative estimate of drug-likeness (QED) is 0.867. The summed E-state index contributed by atoms with van der Waals surface area (Å²) >= 11 is 0. The molecule has 1 atom stereocenters. The molecular formula is C14H19NO2. The van der Waals surface area contributed by atoms with Crippen LogP contribution in [0, 0.1) is 0 Å². The van der Waals surface area contributed by atoms with Gasteiger partial charge < -0.3 is 5.11 Å². The van der Waals surface area contributed by atoms with E-state index in [1.165, 1.54) is 11.1 Å². The van der Waals surface area contributed by atoms with Gasteiger partial charge in [0, 0.05) is 6.54 Å². The molecule has 0 aliphatic carbocycles. The van der Waals surface area contributed by atoms with Crippen molar-refractivity contribution in [1.29, 1.82) is 0 Å². The molecule has 3 heteroatoms. The second kappa shape index (κ2) is 5.32. The number of nitrogens with zero attached hydrogens (tertiary/aromatic N) is 1. The minimum atomic E-state index is -0.687. The summed E-state index contributed by atoms with van der Waals surface area (Å²) in [5.41, 5.74) is 2.53. The Hall–Kier alpha value is -1.35. The number of rotatable bonds is 4. The molecule has 0 amide bonds. The summed E-state index contributed by atoms with van der Waals surface area (Å²) < 4.78 is 0. The maximum atomic E-state index is 11.1. The Labute approximate surface area is 102 Å². The summed E-state index contributed by atoms with van der Waals surface area (Å²) in [6, 6.07) is 8.18. The Morgan fingerprint density at radius 2 is 2.00 bits per heavy atom. The van der Waals surface area contributed by atoms with Crippen molar-refractivity contribution in [2.24, 2.45) is 0 Å². The van der Waals surface area contributed by atoms with Crippen molar-refractivity contribution >= 4 is 5.97 Å². The van der Waals surface area contributed by atoms with Gasteiger partial charge in [-0.2, -0.15) is 0 Å². The lowest BCUT2D eigenvalue weighted by atomic mass is 10.1. The number of aliphatic carboxylic acids is 1. The van der Waals surface area contributed by atoms with E-state index in [1.807, 2.05) is 0 Å². The molecule has 0 unspecified atom stereocenters.